The molecule has 140 valence electrons. The van der Waals surface area contributed by atoms with Gasteiger partial charge in [-0.1, -0.05) is 36.4 Å². The number of fused-ring (bicyclic) bond motifs is 1. The van der Waals surface area contributed by atoms with Crippen LogP contribution in [0.5, 0.6) is 5.75 Å². The van der Waals surface area contributed by atoms with Gasteiger partial charge in [0, 0.05) is 23.4 Å². The second-order valence-corrected chi connectivity index (χ2v) is 8.78. The average Bonchev–Trinajstić information content (AvgIpc) is 2.74. The van der Waals surface area contributed by atoms with Gasteiger partial charge in [0.1, 0.15) is 11.3 Å². The predicted octanol–water partition coefficient (Wildman–Crippen LogP) is 4.84. The van der Waals surface area contributed by atoms with Gasteiger partial charge in [-0.05, 0) is 42.0 Å². The third-order valence-electron chi connectivity index (χ3n) is 4.37. The molecule has 0 saturated heterocycles. The van der Waals surface area contributed by atoms with E-state index in [-0.39, 0.29) is 5.88 Å². The van der Waals surface area contributed by atoms with Crippen molar-refractivity contribution in [1.29, 1.82) is 0 Å². The van der Waals surface area contributed by atoms with Crippen molar-refractivity contribution in [2.75, 3.05) is 0 Å². The van der Waals surface area contributed by atoms with E-state index in [2.05, 4.69) is 0 Å². The van der Waals surface area contributed by atoms with Crippen LogP contribution in [0.1, 0.15) is 5.56 Å². The molecule has 0 bridgehead atoms. The number of halogens is 1. The Bertz CT molecular complexity index is 1180. The SMILES string of the molecule is O=c1cc(CCl)c2ccc(OP(=O)(c3ccccc3)c3ccccc3)cc2o1. The first-order valence-electron chi connectivity index (χ1n) is 8.64. The van der Waals surface area contributed by atoms with Crippen molar-refractivity contribution < 1.29 is 13.5 Å². The molecule has 0 atom stereocenters. The standard InChI is InChI=1S/C22H16ClO4P/c23-15-16-13-22(24)26-21-14-17(11-12-20(16)21)27-28(25,18-7-3-1-4-8-18)19-9-5-2-6-10-19/h1-14H,15H2. The van der Waals surface area contributed by atoms with E-state index < -0.39 is 13.0 Å². The van der Waals surface area contributed by atoms with Crippen molar-refractivity contribution in [1.82, 2.24) is 0 Å². The summed E-state index contributed by atoms with van der Waals surface area (Å²) in [5.74, 6) is 0.535. The number of rotatable bonds is 5. The Balaban J connectivity index is 1.84. The first-order valence-corrected chi connectivity index (χ1v) is 10.8. The molecular formula is C22H16ClO4P. The Kier molecular flexibility index (Phi) is 5.08. The van der Waals surface area contributed by atoms with E-state index in [1.54, 1.807) is 42.5 Å². The van der Waals surface area contributed by atoms with Gasteiger partial charge in [0.25, 0.3) is 0 Å². The van der Waals surface area contributed by atoms with Crippen LogP contribution in [0.4, 0.5) is 0 Å². The van der Waals surface area contributed by atoms with E-state index in [0.29, 0.717) is 27.5 Å². The molecule has 1 aromatic heterocycles. The summed E-state index contributed by atoms with van der Waals surface area (Å²) in [6.45, 7) is 0. The maximum absolute atomic E-state index is 14.0. The summed E-state index contributed by atoms with van der Waals surface area (Å²) in [6.07, 6.45) is 0. The minimum atomic E-state index is -3.40. The molecule has 4 rings (SSSR count). The molecule has 0 saturated carbocycles. The molecule has 0 aliphatic rings. The highest BCUT2D eigenvalue weighted by molar-refractivity contribution is 7.74. The molecule has 4 nitrogen and oxygen atoms in total. The summed E-state index contributed by atoms with van der Waals surface area (Å²) >= 11 is 5.93. The molecule has 28 heavy (non-hydrogen) atoms. The highest BCUT2D eigenvalue weighted by atomic mass is 35.5. The fourth-order valence-electron chi connectivity index (χ4n) is 3.03. The normalized spacial score (nSPS) is 11.5. The highest BCUT2D eigenvalue weighted by Crippen LogP contribution is 2.45. The van der Waals surface area contributed by atoms with Crippen LogP contribution in [-0.2, 0) is 10.4 Å². The van der Waals surface area contributed by atoms with Gasteiger partial charge in [0.2, 0.25) is 0 Å². The average molecular weight is 411 g/mol. The third kappa shape index (κ3) is 3.49. The minimum absolute atomic E-state index is 0.189. The molecule has 0 spiro atoms. The van der Waals surface area contributed by atoms with Crippen molar-refractivity contribution in [2.24, 2.45) is 0 Å². The summed E-state index contributed by atoms with van der Waals surface area (Å²) in [5, 5.41) is 1.88. The highest BCUT2D eigenvalue weighted by Gasteiger charge is 2.30. The van der Waals surface area contributed by atoms with Crippen LogP contribution in [0, 0.1) is 0 Å². The lowest BCUT2D eigenvalue weighted by atomic mass is 10.1. The Morgan fingerprint density at radius 1 is 0.857 bits per heavy atom. The van der Waals surface area contributed by atoms with Crippen molar-refractivity contribution in [3.05, 3.63) is 101 Å². The maximum atomic E-state index is 14.0. The Morgan fingerprint density at radius 3 is 2.04 bits per heavy atom. The molecule has 0 fully saturated rings. The lowest BCUT2D eigenvalue weighted by Gasteiger charge is -2.20. The quantitative estimate of drug-likeness (QED) is 0.268. The van der Waals surface area contributed by atoms with Gasteiger partial charge in [-0.25, -0.2) is 4.79 Å². The van der Waals surface area contributed by atoms with Gasteiger partial charge in [-0.3, -0.25) is 4.57 Å². The Morgan fingerprint density at radius 2 is 1.46 bits per heavy atom. The van der Waals surface area contributed by atoms with Gasteiger partial charge in [-0.15, -0.1) is 11.6 Å². The first-order chi connectivity index (χ1) is 13.6. The molecule has 6 heteroatoms. The number of hydrogen-bond acceptors (Lipinski definition) is 4. The maximum Gasteiger partial charge on any atom is 0.336 e. The molecule has 3 aromatic carbocycles. The zero-order valence-electron chi connectivity index (χ0n) is 14.7. The van der Waals surface area contributed by atoms with Gasteiger partial charge < -0.3 is 8.94 Å². The summed E-state index contributed by atoms with van der Waals surface area (Å²) < 4.78 is 25.3. The molecule has 0 amide bonds. The van der Waals surface area contributed by atoms with E-state index in [0.717, 1.165) is 5.39 Å². The van der Waals surface area contributed by atoms with Gasteiger partial charge >= 0.3 is 13.0 Å². The number of benzene rings is 3. The van der Waals surface area contributed by atoms with Crippen LogP contribution in [0.25, 0.3) is 11.0 Å². The number of alkyl halides is 1. The lowest BCUT2D eigenvalue weighted by molar-refractivity contribution is 0.501. The fraction of sp³-hybridized carbons (Fsp3) is 0.0455. The van der Waals surface area contributed by atoms with Crippen LogP contribution < -0.4 is 20.8 Å². The second-order valence-electron chi connectivity index (χ2n) is 6.20. The van der Waals surface area contributed by atoms with Crippen molar-refractivity contribution in [3.63, 3.8) is 0 Å². The van der Waals surface area contributed by atoms with E-state index in [1.165, 1.54) is 6.07 Å². The topological polar surface area (TPSA) is 56.5 Å². The first kappa shape index (κ1) is 18.5. The van der Waals surface area contributed by atoms with E-state index in [1.807, 2.05) is 36.4 Å². The smallest absolute Gasteiger partial charge is 0.336 e. The summed E-state index contributed by atoms with van der Waals surface area (Å²) in [5.41, 5.74) is 0.525. The Hall–Kier alpha value is -2.81. The summed E-state index contributed by atoms with van der Waals surface area (Å²) in [6, 6.07) is 24.5. The monoisotopic (exact) mass is 410 g/mol. The number of hydrogen-bond donors (Lipinski definition) is 0. The van der Waals surface area contributed by atoms with Crippen LogP contribution in [-0.4, -0.2) is 0 Å². The van der Waals surface area contributed by atoms with Crippen LogP contribution >= 0.6 is 19.0 Å². The van der Waals surface area contributed by atoms with Gasteiger partial charge in [0.05, 0.1) is 10.6 Å². The largest absolute Gasteiger partial charge is 0.437 e. The van der Waals surface area contributed by atoms with Crippen molar-refractivity contribution >= 4 is 40.5 Å². The summed E-state index contributed by atoms with van der Waals surface area (Å²) in [7, 11) is -3.40. The molecule has 0 radical (unpaired) electrons. The van der Waals surface area contributed by atoms with Crippen molar-refractivity contribution in [3.8, 4) is 5.75 Å². The van der Waals surface area contributed by atoms with Crippen LogP contribution in [0.2, 0.25) is 0 Å². The van der Waals surface area contributed by atoms with Gasteiger partial charge in [-0.2, -0.15) is 0 Å². The lowest BCUT2D eigenvalue weighted by Crippen LogP contribution is -2.20. The third-order valence-corrected chi connectivity index (χ3v) is 7.08. The minimum Gasteiger partial charge on any atom is -0.437 e. The summed E-state index contributed by atoms with van der Waals surface area (Å²) in [4.78, 5) is 11.8. The molecular weight excluding hydrogens is 395 g/mol. The zero-order valence-corrected chi connectivity index (χ0v) is 16.4. The van der Waals surface area contributed by atoms with E-state index in [4.69, 9.17) is 20.5 Å². The second kappa shape index (κ2) is 7.67. The van der Waals surface area contributed by atoms with Gasteiger partial charge in [0.15, 0.2) is 0 Å². The zero-order chi connectivity index (χ0) is 19.6. The van der Waals surface area contributed by atoms with Crippen LogP contribution in [0.3, 0.4) is 0 Å². The van der Waals surface area contributed by atoms with Crippen LogP contribution in [0.15, 0.2) is 94.1 Å². The molecule has 0 aliphatic heterocycles. The molecule has 4 aromatic rings. The Labute approximate surface area is 166 Å². The van der Waals surface area contributed by atoms with E-state index in [9.17, 15) is 9.36 Å². The molecule has 0 aliphatic carbocycles. The van der Waals surface area contributed by atoms with E-state index >= 15 is 0 Å². The van der Waals surface area contributed by atoms with Crippen molar-refractivity contribution in [2.45, 2.75) is 5.88 Å². The molecule has 0 N–H and O–H groups in total. The molecule has 1 heterocycles. The fourth-order valence-corrected chi connectivity index (χ4v) is 5.30. The molecule has 0 unspecified atom stereocenters. The predicted molar refractivity (Wildman–Crippen MR) is 112 cm³/mol.